The Hall–Kier alpha value is -6.58. The van der Waals surface area contributed by atoms with E-state index in [1.165, 1.54) is 0 Å². The maximum atomic E-state index is 12.9. The summed E-state index contributed by atoms with van der Waals surface area (Å²) in [7, 11) is 0. The highest BCUT2D eigenvalue weighted by molar-refractivity contribution is 5.93. The summed E-state index contributed by atoms with van der Waals surface area (Å²) >= 11 is 0. The Morgan fingerprint density at radius 2 is 1.31 bits per heavy atom. The van der Waals surface area contributed by atoms with Crippen molar-refractivity contribution < 1.29 is 14.7 Å². The number of hydrogen-bond acceptors (Lipinski definition) is 3. The fraction of sp³-hybridized carbons (Fsp3) is 0.333. The summed E-state index contributed by atoms with van der Waals surface area (Å²) in [5.41, 5.74) is 61.4. The molecule has 0 spiro atoms. The molecule has 4 rings (SSSR count). The molecule has 4 aliphatic carbocycles. The summed E-state index contributed by atoms with van der Waals surface area (Å²) in [6.07, 6.45) is 5.14. The second kappa shape index (κ2) is 16.7. The third kappa shape index (κ3) is 8.01. The largest absolute Gasteiger partial charge is 0.389 e. The third-order valence-corrected chi connectivity index (χ3v) is 10.5. The Kier molecular flexibility index (Phi) is 12.2. The standard InChI is InChI=1S/C48H34O3/c1-7-10-13-15-16-17-18-19-20-21-22-24-26-38-36-48(51,34-29-37(4)49)47(6)33-31-42-44(45(38)47)41(28-25-14-11-8-2)40(27-23-12-9-3)43-35-39(50)30-32-46(42,43)5/h35,42,44-45,51H,1-3,29-34,36H2,4-6H3/t42?,44?,45?,46-,47-,48-/m0/s1. The van der Waals surface area contributed by atoms with Crippen LogP contribution in [0.25, 0.3) is 0 Å². The van der Waals surface area contributed by atoms with Gasteiger partial charge in [0.05, 0.1) is 5.60 Å². The number of carbonyl (C=O) groups excluding carboxylic acids is 2. The summed E-state index contributed by atoms with van der Waals surface area (Å²) in [5.74, 6) is -0.346. The second-order valence-electron chi connectivity index (χ2n) is 13.1. The van der Waals surface area contributed by atoms with Gasteiger partial charge in [0.15, 0.2) is 5.78 Å². The SMILES string of the molecule is C=C=C=C=C=C=C=C=C=C=C=C=C=C=C1C[C@@](O)(CCC(C)=O)[C@@]2(C)CCC3C(C(=C=C=C=C=C=C)C(=C=C=C=C=C)C4=CC(=O)CC[C@]43C)C12. The van der Waals surface area contributed by atoms with E-state index in [1.807, 2.05) is 0 Å². The normalized spacial score (nSPS) is 26.8. The van der Waals surface area contributed by atoms with Gasteiger partial charge in [-0.2, -0.15) is 0 Å². The van der Waals surface area contributed by atoms with Crippen molar-refractivity contribution >= 4 is 11.6 Å². The molecule has 3 nitrogen and oxygen atoms in total. The van der Waals surface area contributed by atoms with E-state index < -0.39 is 11.0 Å². The van der Waals surface area contributed by atoms with E-state index in [0.29, 0.717) is 37.7 Å². The van der Waals surface area contributed by atoms with Gasteiger partial charge in [0.1, 0.15) is 5.78 Å². The molecular weight excluding hydrogens is 625 g/mol. The molecule has 1 N–H and O–H groups in total. The Morgan fingerprint density at radius 1 is 0.784 bits per heavy atom. The average molecular weight is 659 g/mol. The number of fused-ring (bicyclic) bond motifs is 5. The van der Waals surface area contributed by atoms with Crippen LogP contribution in [-0.4, -0.2) is 22.3 Å². The predicted octanol–water partition coefficient (Wildman–Crippen LogP) is 8.53. The van der Waals surface area contributed by atoms with E-state index in [0.717, 1.165) is 23.1 Å². The van der Waals surface area contributed by atoms with Crippen LogP contribution in [0.15, 0.2) is 174 Å². The summed E-state index contributed by atoms with van der Waals surface area (Å²) in [6, 6.07) is 0. The van der Waals surface area contributed by atoms with Gasteiger partial charge in [-0.1, -0.05) is 48.2 Å². The minimum Gasteiger partial charge on any atom is -0.389 e. The summed E-state index contributed by atoms with van der Waals surface area (Å²) in [4.78, 5) is 25.1. The van der Waals surface area contributed by atoms with Crippen LogP contribution in [0.1, 0.15) is 65.7 Å². The van der Waals surface area contributed by atoms with E-state index in [-0.39, 0.29) is 41.2 Å². The van der Waals surface area contributed by atoms with Gasteiger partial charge in [0, 0.05) is 47.7 Å². The first-order valence-electron chi connectivity index (χ1n) is 16.5. The smallest absolute Gasteiger partial charge is 0.156 e. The van der Waals surface area contributed by atoms with Crippen LogP contribution in [0.3, 0.4) is 0 Å². The van der Waals surface area contributed by atoms with Crippen molar-refractivity contribution in [3.8, 4) is 0 Å². The zero-order valence-electron chi connectivity index (χ0n) is 29.1. The van der Waals surface area contributed by atoms with Crippen LogP contribution >= 0.6 is 0 Å². The molecule has 3 saturated carbocycles. The molecule has 0 amide bonds. The van der Waals surface area contributed by atoms with Gasteiger partial charge in [-0.3, -0.25) is 4.79 Å². The minimum absolute atomic E-state index is 0.0125. The molecular formula is C48H34O3. The Balaban J connectivity index is 2.14. The molecule has 0 heterocycles. The van der Waals surface area contributed by atoms with Crippen LogP contribution < -0.4 is 0 Å². The lowest BCUT2D eigenvalue weighted by Crippen LogP contribution is -2.55. The average Bonchev–Trinajstić information content (AvgIpc) is 3.33. The molecule has 0 aromatic carbocycles. The molecule has 4 aliphatic rings. The molecule has 6 atom stereocenters. The number of Topliss-reactive ketones (excluding diaryl/α,β-unsaturated/α-hetero) is 1. The molecule has 0 bridgehead atoms. The van der Waals surface area contributed by atoms with Crippen LogP contribution in [0, 0.1) is 28.6 Å². The lowest BCUT2D eigenvalue weighted by molar-refractivity contribution is -0.130. The summed E-state index contributed by atoms with van der Waals surface area (Å²) in [5, 5.41) is 12.5. The number of aliphatic hydroxyl groups is 1. The summed E-state index contributed by atoms with van der Waals surface area (Å²) < 4.78 is 0. The van der Waals surface area contributed by atoms with Crippen molar-refractivity contribution in [1.82, 2.24) is 0 Å². The van der Waals surface area contributed by atoms with E-state index in [4.69, 9.17) is 0 Å². The van der Waals surface area contributed by atoms with Crippen LogP contribution in [0.4, 0.5) is 0 Å². The summed E-state index contributed by atoms with van der Waals surface area (Å²) in [6.45, 7) is 16.4. The van der Waals surface area contributed by atoms with Crippen molar-refractivity contribution in [3.05, 3.63) is 174 Å². The number of allylic oxidation sites excluding steroid dienone is 3. The first-order chi connectivity index (χ1) is 24.6. The second-order valence-corrected chi connectivity index (χ2v) is 13.1. The molecule has 51 heavy (non-hydrogen) atoms. The first kappa shape index (κ1) is 37.2. The van der Waals surface area contributed by atoms with Gasteiger partial charge in [0.25, 0.3) is 0 Å². The fourth-order valence-corrected chi connectivity index (χ4v) is 8.13. The van der Waals surface area contributed by atoms with E-state index in [2.05, 4.69) is 160 Å². The Labute approximate surface area is 299 Å². The van der Waals surface area contributed by atoms with Crippen molar-refractivity contribution in [2.45, 2.75) is 71.3 Å². The maximum Gasteiger partial charge on any atom is 0.156 e. The number of hydrogen-bond donors (Lipinski definition) is 1. The monoisotopic (exact) mass is 658 g/mol. The van der Waals surface area contributed by atoms with Gasteiger partial charge in [0.2, 0.25) is 0 Å². The van der Waals surface area contributed by atoms with Gasteiger partial charge in [-0.25, -0.2) is 0 Å². The van der Waals surface area contributed by atoms with Crippen molar-refractivity contribution in [2.75, 3.05) is 0 Å². The Bertz CT molecular complexity index is 2550. The van der Waals surface area contributed by atoms with Crippen LogP contribution in [0.2, 0.25) is 0 Å². The maximum absolute atomic E-state index is 12.9. The molecule has 3 heteroatoms. The molecule has 0 aromatic heterocycles. The molecule has 244 valence electrons. The Morgan fingerprint density at radius 3 is 1.92 bits per heavy atom. The molecule has 0 aromatic rings. The van der Waals surface area contributed by atoms with Crippen LogP contribution in [0.5, 0.6) is 0 Å². The molecule has 0 saturated heterocycles. The van der Waals surface area contributed by atoms with Gasteiger partial charge in [-0.15, -0.1) is 0 Å². The van der Waals surface area contributed by atoms with Crippen molar-refractivity contribution in [1.29, 1.82) is 0 Å². The van der Waals surface area contributed by atoms with Crippen molar-refractivity contribution in [3.63, 3.8) is 0 Å². The molecule has 0 radical (unpaired) electrons. The fourth-order valence-electron chi connectivity index (χ4n) is 8.13. The number of carbonyl (C=O) groups is 2. The zero-order valence-corrected chi connectivity index (χ0v) is 29.1. The third-order valence-electron chi connectivity index (χ3n) is 10.5. The molecule has 0 aliphatic heterocycles. The predicted molar refractivity (Wildman–Crippen MR) is 192 cm³/mol. The minimum atomic E-state index is -1.20. The zero-order chi connectivity index (χ0) is 36.9. The van der Waals surface area contributed by atoms with Gasteiger partial charge in [-0.05, 0) is 173 Å². The quantitative estimate of drug-likeness (QED) is 0.310. The molecule has 3 unspecified atom stereocenters. The van der Waals surface area contributed by atoms with Crippen molar-refractivity contribution in [2.24, 2.45) is 28.6 Å². The van der Waals surface area contributed by atoms with Gasteiger partial charge >= 0.3 is 0 Å². The highest BCUT2D eigenvalue weighted by atomic mass is 16.3. The van der Waals surface area contributed by atoms with E-state index in [9.17, 15) is 14.7 Å². The topological polar surface area (TPSA) is 54.4 Å². The number of rotatable bonds is 3. The van der Waals surface area contributed by atoms with Crippen LogP contribution in [-0.2, 0) is 9.59 Å². The lowest BCUT2D eigenvalue weighted by atomic mass is 9.44. The van der Waals surface area contributed by atoms with Gasteiger partial charge < -0.3 is 9.90 Å². The number of ketones is 2. The first-order valence-corrected chi connectivity index (χ1v) is 16.5. The van der Waals surface area contributed by atoms with E-state index >= 15 is 0 Å². The highest BCUT2D eigenvalue weighted by Gasteiger charge is 2.67. The lowest BCUT2D eigenvalue weighted by Gasteiger charge is -2.59. The molecule has 3 fully saturated rings. The van der Waals surface area contributed by atoms with E-state index in [1.54, 1.807) is 13.0 Å². The highest BCUT2D eigenvalue weighted by Crippen LogP contribution is 2.71.